The fourth-order valence-electron chi connectivity index (χ4n) is 3.62. The second kappa shape index (κ2) is 10.8. The molecular formula is C27H23IN2O6. The number of aromatic carboxylic acids is 1. The van der Waals surface area contributed by atoms with E-state index in [1.165, 1.54) is 24.1 Å². The fraction of sp³-hybridized carbons (Fsp3) is 0.148. The molecule has 0 atom stereocenters. The fourth-order valence-corrected chi connectivity index (χ4v) is 4.40. The van der Waals surface area contributed by atoms with Crippen molar-refractivity contribution in [3.8, 4) is 11.5 Å². The third-order valence-corrected chi connectivity index (χ3v) is 6.37. The number of nitrogens with zero attached hydrogens (tertiary/aromatic N) is 1. The predicted molar refractivity (Wildman–Crippen MR) is 142 cm³/mol. The number of rotatable bonds is 8. The predicted octanol–water partition coefficient (Wildman–Crippen LogP) is 4.98. The average Bonchev–Trinajstić information content (AvgIpc) is 3.11. The Bertz CT molecular complexity index is 1350. The molecule has 0 aromatic heterocycles. The van der Waals surface area contributed by atoms with E-state index in [1.807, 2.05) is 37.3 Å². The summed E-state index contributed by atoms with van der Waals surface area (Å²) in [6.45, 7) is 2.38. The first-order chi connectivity index (χ1) is 17.2. The molecule has 1 aliphatic heterocycles. The van der Waals surface area contributed by atoms with Gasteiger partial charge in [0, 0.05) is 0 Å². The topological polar surface area (TPSA) is 105 Å². The van der Waals surface area contributed by atoms with Crippen LogP contribution in [-0.2, 0) is 17.9 Å². The van der Waals surface area contributed by atoms with Gasteiger partial charge >= 0.3 is 12.0 Å². The zero-order valence-electron chi connectivity index (χ0n) is 19.6. The molecule has 1 aliphatic rings. The molecule has 0 aliphatic carbocycles. The number of benzene rings is 3. The summed E-state index contributed by atoms with van der Waals surface area (Å²) < 4.78 is 12.2. The molecule has 36 heavy (non-hydrogen) atoms. The minimum absolute atomic E-state index is 0.178. The van der Waals surface area contributed by atoms with E-state index in [9.17, 15) is 14.4 Å². The van der Waals surface area contributed by atoms with Gasteiger partial charge in [0.25, 0.3) is 5.91 Å². The van der Waals surface area contributed by atoms with Crippen LogP contribution in [0.15, 0.2) is 66.4 Å². The Morgan fingerprint density at radius 1 is 1.06 bits per heavy atom. The van der Waals surface area contributed by atoms with E-state index in [0.29, 0.717) is 17.1 Å². The van der Waals surface area contributed by atoms with Gasteiger partial charge in [-0.2, -0.15) is 0 Å². The maximum Gasteiger partial charge on any atom is 0.335 e. The summed E-state index contributed by atoms with van der Waals surface area (Å²) in [5, 5.41) is 11.7. The van der Waals surface area contributed by atoms with Crippen molar-refractivity contribution in [2.75, 3.05) is 7.11 Å². The molecule has 8 nitrogen and oxygen atoms in total. The van der Waals surface area contributed by atoms with E-state index in [4.69, 9.17) is 14.6 Å². The number of carbonyl (C=O) groups is 3. The Morgan fingerprint density at radius 3 is 2.36 bits per heavy atom. The van der Waals surface area contributed by atoms with Gasteiger partial charge in [-0.15, -0.1) is 0 Å². The lowest BCUT2D eigenvalue weighted by atomic mass is 10.1. The molecule has 0 spiro atoms. The molecule has 2 N–H and O–H groups in total. The highest BCUT2D eigenvalue weighted by molar-refractivity contribution is 14.1. The minimum atomic E-state index is -0.987. The highest BCUT2D eigenvalue weighted by Crippen LogP contribution is 2.35. The molecule has 0 bridgehead atoms. The van der Waals surface area contributed by atoms with Gasteiger partial charge in [-0.1, -0.05) is 42.0 Å². The van der Waals surface area contributed by atoms with Crippen LogP contribution in [0.25, 0.3) is 6.08 Å². The molecule has 184 valence electrons. The molecule has 9 heteroatoms. The van der Waals surface area contributed by atoms with Gasteiger partial charge in [-0.25, -0.2) is 9.59 Å². The Labute approximate surface area is 221 Å². The second-order valence-electron chi connectivity index (χ2n) is 8.19. The van der Waals surface area contributed by atoms with Crippen molar-refractivity contribution in [3.63, 3.8) is 0 Å². The number of methoxy groups -OCH3 is 1. The number of hydrogen-bond acceptors (Lipinski definition) is 5. The summed E-state index contributed by atoms with van der Waals surface area (Å²) in [7, 11) is 1.52. The maximum atomic E-state index is 12.9. The number of imide groups is 1. The highest BCUT2D eigenvalue weighted by atomic mass is 127. The van der Waals surface area contributed by atoms with Crippen LogP contribution < -0.4 is 14.8 Å². The Morgan fingerprint density at radius 2 is 1.72 bits per heavy atom. The van der Waals surface area contributed by atoms with Gasteiger partial charge in [0.05, 0.1) is 22.8 Å². The summed E-state index contributed by atoms with van der Waals surface area (Å²) in [6, 6.07) is 17.2. The number of hydrogen-bond donors (Lipinski definition) is 2. The molecule has 1 fully saturated rings. The van der Waals surface area contributed by atoms with E-state index in [1.54, 1.807) is 24.3 Å². The largest absolute Gasteiger partial charge is 0.493 e. The zero-order chi connectivity index (χ0) is 25.8. The molecular weight excluding hydrogens is 575 g/mol. The van der Waals surface area contributed by atoms with Crippen LogP contribution in [0.2, 0.25) is 0 Å². The van der Waals surface area contributed by atoms with Gasteiger partial charge < -0.3 is 19.9 Å². The quantitative estimate of drug-likeness (QED) is 0.216. The third-order valence-electron chi connectivity index (χ3n) is 5.57. The van der Waals surface area contributed by atoms with Gasteiger partial charge in [0.15, 0.2) is 11.5 Å². The molecule has 1 saturated heterocycles. The Balaban J connectivity index is 1.50. The van der Waals surface area contributed by atoms with Crippen LogP contribution in [0.3, 0.4) is 0 Å². The summed E-state index contributed by atoms with van der Waals surface area (Å²) in [6.07, 6.45) is 1.61. The van der Waals surface area contributed by atoms with Crippen LogP contribution in [0, 0.1) is 10.5 Å². The van der Waals surface area contributed by atoms with Crippen LogP contribution in [0.1, 0.15) is 32.6 Å². The number of amides is 3. The van der Waals surface area contributed by atoms with E-state index < -0.39 is 17.9 Å². The Kier molecular flexibility index (Phi) is 7.58. The molecule has 3 aromatic carbocycles. The Hall–Kier alpha value is -3.86. The van der Waals surface area contributed by atoms with Crippen molar-refractivity contribution in [2.45, 2.75) is 20.1 Å². The first-order valence-corrected chi connectivity index (χ1v) is 12.1. The average molecular weight is 598 g/mol. The van der Waals surface area contributed by atoms with Crippen LogP contribution in [0.5, 0.6) is 11.5 Å². The molecule has 4 rings (SSSR count). The van der Waals surface area contributed by atoms with Gasteiger partial charge in [-0.3, -0.25) is 9.69 Å². The smallest absolute Gasteiger partial charge is 0.335 e. The van der Waals surface area contributed by atoms with Crippen molar-refractivity contribution in [1.29, 1.82) is 0 Å². The second-order valence-corrected chi connectivity index (χ2v) is 9.35. The number of halogens is 1. The molecule has 3 amide bonds. The maximum absolute atomic E-state index is 12.9. The minimum Gasteiger partial charge on any atom is -0.493 e. The molecule has 3 aromatic rings. The van der Waals surface area contributed by atoms with Crippen LogP contribution >= 0.6 is 22.6 Å². The number of urea groups is 1. The zero-order valence-corrected chi connectivity index (χ0v) is 21.7. The molecule has 0 saturated carbocycles. The van der Waals surface area contributed by atoms with Crippen LogP contribution in [-0.4, -0.2) is 35.0 Å². The van der Waals surface area contributed by atoms with Crippen molar-refractivity contribution >= 4 is 46.6 Å². The highest BCUT2D eigenvalue weighted by Gasteiger charge is 2.33. The normalized spacial score (nSPS) is 14.2. The first-order valence-electron chi connectivity index (χ1n) is 11.0. The molecule has 1 heterocycles. The van der Waals surface area contributed by atoms with E-state index in [-0.39, 0.29) is 24.4 Å². The first kappa shape index (κ1) is 25.2. The third kappa shape index (κ3) is 5.68. The number of carbonyl (C=O) groups excluding carboxylic acids is 2. The molecule has 0 radical (unpaired) electrons. The van der Waals surface area contributed by atoms with Gasteiger partial charge in [0.1, 0.15) is 12.3 Å². The van der Waals surface area contributed by atoms with Crippen molar-refractivity contribution in [3.05, 3.63) is 97.7 Å². The van der Waals surface area contributed by atoms with Crippen molar-refractivity contribution in [2.24, 2.45) is 0 Å². The number of carboxylic acid groups (broad SMARTS) is 1. The van der Waals surface area contributed by atoms with Crippen molar-refractivity contribution in [1.82, 2.24) is 10.2 Å². The van der Waals surface area contributed by atoms with E-state index in [0.717, 1.165) is 20.3 Å². The van der Waals surface area contributed by atoms with Gasteiger partial charge in [-0.05, 0) is 76.5 Å². The summed E-state index contributed by atoms with van der Waals surface area (Å²) >= 11 is 2.11. The number of nitrogens with one attached hydrogen (secondary N) is 1. The summed E-state index contributed by atoms with van der Waals surface area (Å²) in [5.41, 5.74) is 3.81. The summed E-state index contributed by atoms with van der Waals surface area (Å²) in [5.74, 6) is -0.409. The number of carboxylic acids is 1. The lowest BCUT2D eigenvalue weighted by Gasteiger charge is -2.14. The standard InChI is InChI=1S/C27H23IN2O6/c1-16-3-5-17(6-4-16)14-30-25(31)22(29-27(30)34)12-19-11-21(28)24(23(13-19)35-2)36-15-18-7-9-20(10-8-18)26(32)33/h3-13H,14-15H2,1-2H3,(H,29,34)(H,32,33)/b22-12+. The SMILES string of the molecule is COc1cc(/C=C2/NC(=O)N(Cc3ccc(C)cc3)C2=O)cc(I)c1OCc1ccc(C(=O)O)cc1. The van der Waals surface area contributed by atoms with Crippen LogP contribution in [0.4, 0.5) is 4.79 Å². The molecule has 0 unspecified atom stereocenters. The van der Waals surface area contributed by atoms with Crippen molar-refractivity contribution < 1.29 is 29.0 Å². The number of aryl methyl sites for hydroxylation is 1. The van der Waals surface area contributed by atoms with E-state index >= 15 is 0 Å². The van der Waals surface area contributed by atoms with Gasteiger partial charge in [0.2, 0.25) is 0 Å². The summed E-state index contributed by atoms with van der Waals surface area (Å²) in [4.78, 5) is 37.6. The monoisotopic (exact) mass is 598 g/mol. The lowest BCUT2D eigenvalue weighted by molar-refractivity contribution is -0.123. The van der Waals surface area contributed by atoms with E-state index in [2.05, 4.69) is 27.9 Å². The lowest BCUT2D eigenvalue weighted by Crippen LogP contribution is -2.30. The number of ether oxygens (including phenoxy) is 2.